The predicted molar refractivity (Wildman–Crippen MR) is 157 cm³/mol. The van der Waals surface area contributed by atoms with E-state index < -0.39 is 36.5 Å². The van der Waals surface area contributed by atoms with Crippen molar-refractivity contribution in [2.24, 2.45) is 22.6 Å². The maximum Gasteiger partial charge on any atom is 0.232 e. The molecular formula is C29H53F2N7O2. The molecule has 40 heavy (non-hydrogen) atoms. The van der Waals surface area contributed by atoms with Crippen LogP contribution in [0.4, 0.5) is 8.78 Å². The number of nitrogens with one attached hydrogen (secondary N) is 3. The van der Waals surface area contributed by atoms with Gasteiger partial charge in [-0.3, -0.25) is 19.6 Å². The standard InChI is InChI=1S/C29H53F2N7O2/c1-5-10-38(12-7-6-11-37-13-15-40-16-14-37)27-23(31)18-33-19-25(27)36-29(39)26-21(4)34-17-22(30)8-9-24(20(2)3)35-28(26)32/h9,20,22-23,25-28,33,35H,5-8,10-19,32H2,1-4H3,(H,36,39)/b24-9-,34-21?. The summed E-state index contributed by atoms with van der Waals surface area (Å²) in [5.41, 5.74) is 7.84. The van der Waals surface area contributed by atoms with Gasteiger partial charge in [-0.1, -0.05) is 26.8 Å². The molecule has 0 aromatic rings. The summed E-state index contributed by atoms with van der Waals surface area (Å²) in [5, 5.41) is 9.53. The average molecular weight is 570 g/mol. The average Bonchev–Trinajstić information content (AvgIpc) is 2.92. The van der Waals surface area contributed by atoms with Crippen molar-refractivity contribution in [3.8, 4) is 0 Å². The lowest BCUT2D eigenvalue weighted by molar-refractivity contribution is -0.125. The molecule has 0 radical (unpaired) electrons. The number of alkyl halides is 2. The number of amides is 1. The Labute approximate surface area is 239 Å². The molecule has 3 aliphatic rings. The molecule has 5 N–H and O–H groups in total. The normalized spacial score (nSPS) is 32.2. The molecule has 3 aliphatic heterocycles. The number of hydrogen-bond acceptors (Lipinski definition) is 8. The first kappa shape index (κ1) is 32.8. The van der Waals surface area contributed by atoms with E-state index in [1.54, 1.807) is 6.92 Å². The second-order valence-electron chi connectivity index (χ2n) is 11.8. The minimum absolute atomic E-state index is 0.0148. The van der Waals surface area contributed by atoms with E-state index in [0.717, 1.165) is 70.9 Å². The molecule has 0 aliphatic carbocycles. The van der Waals surface area contributed by atoms with Crippen LogP contribution in [0.2, 0.25) is 0 Å². The number of piperidine rings is 1. The van der Waals surface area contributed by atoms with Crippen LogP contribution >= 0.6 is 0 Å². The van der Waals surface area contributed by atoms with Crippen LogP contribution in [0.25, 0.3) is 0 Å². The van der Waals surface area contributed by atoms with Crippen molar-refractivity contribution in [2.45, 2.75) is 84.0 Å². The van der Waals surface area contributed by atoms with Gasteiger partial charge in [-0.25, -0.2) is 8.78 Å². The van der Waals surface area contributed by atoms with E-state index >= 15 is 4.39 Å². The number of halogens is 2. The summed E-state index contributed by atoms with van der Waals surface area (Å²) < 4.78 is 35.4. The zero-order chi connectivity index (χ0) is 29.1. The highest BCUT2D eigenvalue weighted by Gasteiger charge is 2.40. The molecule has 3 rings (SSSR count). The van der Waals surface area contributed by atoms with Crippen LogP contribution in [-0.2, 0) is 9.53 Å². The first-order valence-corrected chi connectivity index (χ1v) is 15.3. The van der Waals surface area contributed by atoms with Crippen LogP contribution in [0.5, 0.6) is 0 Å². The van der Waals surface area contributed by atoms with Crippen molar-refractivity contribution >= 4 is 11.6 Å². The summed E-state index contributed by atoms with van der Waals surface area (Å²) in [7, 11) is 0. The monoisotopic (exact) mass is 569 g/mol. The Balaban J connectivity index is 1.70. The molecule has 0 bridgehead atoms. The second-order valence-corrected chi connectivity index (χ2v) is 11.8. The molecule has 0 aromatic carbocycles. The van der Waals surface area contributed by atoms with Crippen LogP contribution < -0.4 is 21.7 Å². The van der Waals surface area contributed by atoms with E-state index in [2.05, 4.69) is 37.7 Å². The number of ether oxygens (including phenoxy) is 1. The minimum atomic E-state index is -1.13. The van der Waals surface area contributed by atoms with Crippen LogP contribution in [-0.4, -0.2) is 118 Å². The maximum atomic E-state index is 15.5. The Hall–Kier alpha value is -1.66. The van der Waals surface area contributed by atoms with E-state index in [-0.39, 0.29) is 31.3 Å². The molecule has 0 saturated carbocycles. The molecule has 0 aromatic heterocycles. The smallest absolute Gasteiger partial charge is 0.232 e. The Morgan fingerprint density at radius 3 is 2.70 bits per heavy atom. The largest absolute Gasteiger partial charge is 0.379 e. The molecule has 2 saturated heterocycles. The van der Waals surface area contributed by atoms with Gasteiger partial charge in [0.25, 0.3) is 0 Å². The van der Waals surface area contributed by atoms with Crippen molar-refractivity contribution in [1.29, 1.82) is 0 Å². The van der Waals surface area contributed by atoms with E-state index in [4.69, 9.17) is 10.5 Å². The molecule has 11 heteroatoms. The summed E-state index contributed by atoms with van der Waals surface area (Å²) in [4.78, 5) is 22.8. The zero-order valence-electron chi connectivity index (χ0n) is 25.0. The van der Waals surface area contributed by atoms with Gasteiger partial charge in [-0.2, -0.15) is 0 Å². The number of nitrogens with zero attached hydrogens (tertiary/aromatic N) is 3. The molecule has 0 spiro atoms. The summed E-state index contributed by atoms with van der Waals surface area (Å²) in [5.74, 6) is -1.01. The van der Waals surface area contributed by atoms with Crippen LogP contribution in [0.3, 0.4) is 0 Å². The number of carbonyl (C=O) groups excluding carboxylic acids is 1. The Kier molecular flexibility index (Phi) is 13.7. The quantitative estimate of drug-likeness (QED) is 0.281. The molecule has 6 atom stereocenters. The molecule has 3 heterocycles. The third-order valence-corrected chi connectivity index (χ3v) is 8.20. The third kappa shape index (κ3) is 9.72. The second kappa shape index (κ2) is 16.7. The number of hydrogen-bond donors (Lipinski definition) is 4. The number of unbranched alkanes of at least 4 members (excludes halogenated alkanes) is 1. The van der Waals surface area contributed by atoms with E-state index in [0.29, 0.717) is 12.3 Å². The van der Waals surface area contributed by atoms with Gasteiger partial charge in [0.15, 0.2) is 0 Å². The maximum absolute atomic E-state index is 15.5. The number of aliphatic imine (C=N–C) groups is 1. The SMILES string of the molecule is CCCN(CCCCN1CCOCC1)C1C(F)CNCC1NC(=O)C1C(C)=NCC(F)C/C=C(/C(C)C)NC1N. The van der Waals surface area contributed by atoms with Crippen molar-refractivity contribution in [3.05, 3.63) is 11.8 Å². The molecule has 9 nitrogen and oxygen atoms in total. The Bertz CT molecular complexity index is 837. The first-order valence-electron chi connectivity index (χ1n) is 15.3. The highest BCUT2D eigenvalue weighted by molar-refractivity contribution is 6.04. The first-order chi connectivity index (χ1) is 19.2. The lowest BCUT2D eigenvalue weighted by Gasteiger charge is -2.43. The van der Waals surface area contributed by atoms with Gasteiger partial charge < -0.3 is 26.4 Å². The Morgan fingerprint density at radius 1 is 1.25 bits per heavy atom. The molecular weight excluding hydrogens is 516 g/mol. The lowest BCUT2D eigenvalue weighted by Crippen LogP contribution is -2.66. The van der Waals surface area contributed by atoms with Gasteiger partial charge in [0.1, 0.15) is 18.3 Å². The molecule has 1 amide bonds. The zero-order valence-corrected chi connectivity index (χ0v) is 25.0. The fraction of sp³-hybridized carbons (Fsp3) is 0.862. The van der Waals surface area contributed by atoms with Gasteiger partial charge in [0, 0.05) is 44.0 Å². The Morgan fingerprint density at radius 2 is 2.00 bits per heavy atom. The fourth-order valence-corrected chi connectivity index (χ4v) is 5.96. The van der Waals surface area contributed by atoms with Gasteiger partial charge in [-0.05, 0) is 51.7 Å². The topological polar surface area (TPSA) is 107 Å². The predicted octanol–water partition coefficient (Wildman–Crippen LogP) is 1.84. The van der Waals surface area contributed by atoms with Crippen molar-refractivity contribution in [2.75, 3.05) is 65.6 Å². The van der Waals surface area contributed by atoms with E-state index in [1.165, 1.54) is 0 Å². The van der Waals surface area contributed by atoms with Gasteiger partial charge in [-0.15, -0.1) is 0 Å². The number of rotatable bonds is 11. The summed E-state index contributed by atoms with van der Waals surface area (Å²) >= 11 is 0. The molecule has 2 fully saturated rings. The van der Waals surface area contributed by atoms with Gasteiger partial charge >= 0.3 is 0 Å². The van der Waals surface area contributed by atoms with E-state index in [9.17, 15) is 9.18 Å². The highest BCUT2D eigenvalue weighted by Crippen LogP contribution is 2.20. The number of nitrogens with two attached hydrogens (primary N) is 1. The summed E-state index contributed by atoms with van der Waals surface area (Å²) in [6.07, 6.45) is 1.98. The van der Waals surface area contributed by atoms with Crippen LogP contribution in [0.15, 0.2) is 16.8 Å². The summed E-state index contributed by atoms with van der Waals surface area (Å²) in [6, 6.07) is -0.859. The van der Waals surface area contributed by atoms with Crippen LogP contribution in [0, 0.1) is 11.8 Å². The highest BCUT2D eigenvalue weighted by atomic mass is 19.1. The van der Waals surface area contributed by atoms with Gasteiger partial charge in [0.05, 0.1) is 38.0 Å². The molecule has 230 valence electrons. The van der Waals surface area contributed by atoms with Crippen molar-refractivity contribution < 1.29 is 18.3 Å². The molecule has 6 unspecified atom stereocenters. The van der Waals surface area contributed by atoms with E-state index in [1.807, 2.05) is 19.9 Å². The van der Waals surface area contributed by atoms with Crippen molar-refractivity contribution in [3.63, 3.8) is 0 Å². The summed E-state index contributed by atoms with van der Waals surface area (Å²) in [6.45, 7) is 14.6. The number of morpholine rings is 1. The van der Waals surface area contributed by atoms with Crippen LogP contribution in [0.1, 0.15) is 53.4 Å². The number of allylic oxidation sites excluding steroid dienone is 2. The van der Waals surface area contributed by atoms with Gasteiger partial charge in [0.2, 0.25) is 5.91 Å². The van der Waals surface area contributed by atoms with Crippen molar-refractivity contribution in [1.82, 2.24) is 25.8 Å². The lowest BCUT2D eigenvalue weighted by atomic mass is 9.93. The third-order valence-electron chi connectivity index (χ3n) is 8.20. The fourth-order valence-electron chi connectivity index (χ4n) is 5.96. The minimum Gasteiger partial charge on any atom is -0.379 e. The number of carbonyl (C=O) groups is 1.